The number of nitrogens with zero attached hydrogens (tertiary/aromatic N) is 2. The molecule has 4 rings (SSSR count). The van der Waals surface area contributed by atoms with E-state index in [2.05, 4.69) is 31.3 Å². The van der Waals surface area contributed by atoms with E-state index in [0.717, 1.165) is 0 Å². The minimum absolute atomic E-state index is 0.0284. The molecule has 14 heteroatoms. The minimum atomic E-state index is -0.668. The zero-order chi connectivity index (χ0) is 27.9. The first-order valence-corrected chi connectivity index (χ1v) is 12.2. The van der Waals surface area contributed by atoms with Crippen LogP contribution in [0.2, 0.25) is 10.0 Å². The number of hydrogen-bond acceptors (Lipinski definition) is 6. The number of H-pyrrole nitrogens is 1. The van der Waals surface area contributed by atoms with Crippen molar-refractivity contribution in [3.8, 4) is 22.9 Å². The molecule has 0 atom stereocenters. The number of aromatic nitrogens is 3. The highest BCUT2D eigenvalue weighted by Crippen LogP contribution is 2.39. The van der Waals surface area contributed by atoms with Gasteiger partial charge in [0, 0.05) is 24.9 Å². The number of rotatable bonds is 8. The molecule has 0 saturated heterocycles. The van der Waals surface area contributed by atoms with Gasteiger partial charge in [-0.15, -0.1) is 0 Å². The summed E-state index contributed by atoms with van der Waals surface area (Å²) in [4.78, 5) is 40.5. The average molecular weight is 572 g/mol. The largest absolute Gasteiger partial charge is 0.497 e. The van der Waals surface area contributed by atoms with Crippen molar-refractivity contribution < 1.29 is 19.1 Å². The van der Waals surface area contributed by atoms with Crippen LogP contribution in [0, 0.1) is 0 Å². The summed E-state index contributed by atoms with van der Waals surface area (Å²) < 4.78 is 12.4. The monoisotopic (exact) mass is 571 g/mol. The van der Waals surface area contributed by atoms with Gasteiger partial charge in [0.15, 0.2) is 0 Å². The zero-order valence-electron chi connectivity index (χ0n) is 20.7. The highest BCUT2D eigenvalue weighted by atomic mass is 35.5. The molecular formula is C25H23Cl2N7O5. The maximum absolute atomic E-state index is 12.7. The molecule has 2 aromatic carbocycles. The van der Waals surface area contributed by atoms with Gasteiger partial charge in [-0.3, -0.25) is 20.5 Å². The van der Waals surface area contributed by atoms with Crippen molar-refractivity contribution in [1.29, 1.82) is 0 Å². The van der Waals surface area contributed by atoms with Gasteiger partial charge >= 0.3 is 12.1 Å². The summed E-state index contributed by atoms with van der Waals surface area (Å²) in [6.07, 6.45) is 1.46. The number of ether oxygens (including phenoxy) is 2. The van der Waals surface area contributed by atoms with Gasteiger partial charge in [-0.05, 0) is 49.4 Å². The summed E-state index contributed by atoms with van der Waals surface area (Å²) >= 11 is 12.8. The molecule has 202 valence electrons. The van der Waals surface area contributed by atoms with E-state index in [1.807, 2.05) is 0 Å². The molecule has 39 heavy (non-hydrogen) atoms. The van der Waals surface area contributed by atoms with Crippen molar-refractivity contribution in [2.75, 3.05) is 29.6 Å². The van der Waals surface area contributed by atoms with Gasteiger partial charge in [0.2, 0.25) is 0 Å². The number of anilines is 3. The third-order valence-electron chi connectivity index (χ3n) is 5.14. The first kappa shape index (κ1) is 27.4. The number of hydrogen-bond donors (Lipinski definition) is 5. The number of nitrogens with one attached hydrogen (secondary N) is 5. The molecule has 0 bridgehead atoms. The Morgan fingerprint density at radius 3 is 2.44 bits per heavy atom. The maximum atomic E-state index is 12.7. The number of urea groups is 2. The fourth-order valence-corrected chi connectivity index (χ4v) is 3.79. The lowest BCUT2D eigenvalue weighted by Gasteiger charge is -2.14. The van der Waals surface area contributed by atoms with E-state index in [1.54, 1.807) is 44.4 Å². The van der Waals surface area contributed by atoms with E-state index in [9.17, 15) is 14.4 Å². The third-order valence-corrected chi connectivity index (χ3v) is 6.00. The Labute approximate surface area is 232 Å². The molecule has 0 radical (unpaired) electrons. The van der Waals surface area contributed by atoms with Crippen molar-refractivity contribution in [3.05, 3.63) is 81.2 Å². The van der Waals surface area contributed by atoms with Crippen LogP contribution < -0.4 is 36.3 Å². The molecule has 0 spiro atoms. The van der Waals surface area contributed by atoms with Crippen LogP contribution in [-0.4, -0.2) is 40.5 Å². The van der Waals surface area contributed by atoms with Crippen LogP contribution in [0.3, 0.4) is 0 Å². The van der Waals surface area contributed by atoms with Gasteiger partial charge in [-0.2, -0.15) is 0 Å². The Morgan fingerprint density at radius 1 is 0.949 bits per heavy atom. The lowest BCUT2D eigenvalue weighted by Crippen LogP contribution is -2.28. The second-order valence-corrected chi connectivity index (χ2v) is 8.58. The van der Waals surface area contributed by atoms with Gasteiger partial charge in [0.1, 0.15) is 33.9 Å². The maximum Gasteiger partial charge on any atom is 0.324 e. The van der Waals surface area contributed by atoms with E-state index in [-0.39, 0.29) is 33.1 Å². The van der Waals surface area contributed by atoms with Crippen molar-refractivity contribution in [1.82, 2.24) is 20.1 Å². The zero-order valence-corrected chi connectivity index (χ0v) is 22.2. The summed E-state index contributed by atoms with van der Waals surface area (Å²) in [5, 5.41) is 13.1. The first-order valence-electron chi connectivity index (χ1n) is 11.5. The fraction of sp³-hybridized carbons (Fsp3) is 0.120. The van der Waals surface area contributed by atoms with Gasteiger partial charge in [0.05, 0.1) is 23.5 Å². The minimum Gasteiger partial charge on any atom is -0.497 e. The lowest BCUT2D eigenvalue weighted by molar-refractivity contribution is 0.252. The van der Waals surface area contributed by atoms with Crippen molar-refractivity contribution in [2.45, 2.75) is 6.92 Å². The van der Waals surface area contributed by atoms with Crippen LogP contribution in [0.25, 0.3) is 5.69 Å². The summed E-state index contributed by atoms with van der Waals surface area (Å²) in [7, 11) is 1.54. The smallest absolute Gasteiger partial charge is 0.324 e. The summed E-state index contributed by atoms with van der Waals surface area (Å²) in [6.45, 7) is 2.25. The normalized spacial score (nSPS) is 10.5. The summed E-state index contributed by atoms with van der Waals surface area (Å²) in [6, 6.07) is 13.1. The standard InChI is InChI=1S/C25H23Cl2N7O5/c1-3-28-24(36)31-19-12-16(10-11-29-19)39-18-9-8-17(22(26)23(18)27)30-25(37)32-20-13-21(35)33-34(20)14-4-6-15(38-2)7-5-14/h4-13H,3H2,1-2H3,(H,33,35)(H2,30,32,37)(H2,28,29,31,36). The van der Waals surface area contributed by atoms with Crippen LogP contribution in [0.15, 0.2) is 65.6 Å². The molecule has 4 aromatic rings. The number of amides is 4. The van der Waals surface area contributed by atoms with E-state index in [1.165, 1.54) is 35.1 Å². The highest BCUT2D eigenvalue weighted by molar-refractivity contribution is 6.45. The van der Waals surface area contributed by atoms with Crippen molar-refractivity contribution in [3.63, 3.8) is 0 Å². The van der Waals surface area contributed by atoms with Crippen molar-refractivity contribution in [2.24, 2.45) is 0 Å². The molecule has 0 aliphatic carbocycles. The van der Waals surface area contributed by atoms with Gasteiger partial charge in [-0.1, -0.05) is 23.2 Å². The molecule has 2 heterocycles. The Balaban J connectivity index is 1.46. The fourth-order valence-electron chi connectivity index (χ4n) is 3.39. The Bertz CT molecular complexity index is 1550. The Hall–Kier alpha value is -4.68. The molecular weight excluding hydrogens is 549 g/mol. The van der Waals surface area contributed by atoms with Crippen LogP contribution in [0.5, 0.6) is 17.2 Å². The molecule has 12 nitrogen and oxygen atoms in total. The van der Waals surface area contributed by atoms with E-state index in [0.29, 0.717) is 23.7 Å². The number of benzene rings is 2. The molecule has 0 aliphatic heterocycles. The number of carbonyl (C=O) groups is 2. The van der Waals surface area contributed by atoms with Crippen LogP contribution in [-0.2, 0) is 0 Å². The van der Waals surface area contributed by atoms with Crippen molar-refractivity contribution >= 4 is 52.6 Å². The molecule has 0 aliphatic rings. The molecule has 0 unspecified atom stereocenters. The first-order chi connectivity index (χ1) is 18.8. The van der Waals surface area contributed by atoms with Crippen LogP contribution >= 0.6 is 23.2 Å². The lowest BCUT2D eigenvalue weighted by atomic mass is 10.3. The van der Waals surface area contributed by atoms with E-state index >= 15 is 0 Å². The summed E-state index contributed by atoms with van der Waals surface area (Å²) in [5.41, 5.74) is 0.383. The van der Waals surface area contributed by atoms with E-state index < -0.39 is 17.6 Å². The SMILES string of the molecule is CCNC(=O)Nc1cc(Oc2ccc(NC(=O)Nc3cc(=O)[nH]n3-c3ccc(OC)cc3)c(Cl)c2Cl)ccn1. The number of methoxy groups -OCH3 is 1. The topological polar surface area (TPSA) is 151 Å². The molecule has 5 N–H and O–H groups in total. The number of halogens is 2. The van der Waals surface area contributed by atoms with Gasteiger partial charge in [-0.25, -0.2) is 19.3 Å². The van der Waals surface area contributed by atoms with Gasteiger partial charge < -0.3 is 20.1 Å². The Kier molecular flexibility index (Phi) is 8.59. The molecule has 2 aromatic heterocycles. The quantitative estimate of drug-likeness (QED) is 0.189. The van der Waals surface area contributed by atoms with E-state index in [4.69, 9.17) is 32.7 Å². The predicted molar refractivity (Wildman–Crippen MR) is 149 cm³/mol. The number of carbonyl (C=O) groups excluding carboxylic acids is 2. The molecule has 0 fully saturated rings. The van der Waals surface area contributed by atoms with Crippen LogP contribution in [0.4, 0.5) is 26.9 Å². The third kappa shape index (κ3) is 6.80. The average Bonchev–Trinajstić information content (AvgIpc) is 3.28. The highest BCUT2D eigenvalue weighted by Gasteiger charge is 2.16. The number of pyridine rings is 1. The summed E-state index contributed by atoms with van der Waals surface area (Å²) in [5.74, 6) is 1.66. The van der Waals surface area contributed by atoms with Crippen LogP contribution in [0.1, 0.15) is 6.92 Å². The molecule has 4 amide bonds. The molecule has 0 saturated carbocycles. The number of aromatic amines is 1. The second kappa shape index (κ2) is 12.2. The second-order valence-electron chi connectivity index (χ2n) is 7.82. The Morgan fingerprint density at radius 2 is 1.72 bits per heavy atom. The van der Waals surface area contributed by atoms with Gasteiger partial charge in [0.25, 0.3) is 5.56 Å². The predicted octanol–water partition coefficient (Wildman–Crippen LogP) is 5.45.